The van der Waals surface area contributed by atoms with Crippen LogP contribution in [-0.4, -0.2) is 0 Å². The van der Waals surface area contributed by atoms with E-state index in [-0.39, 0.29) is 0 Å². The number of hydrogen-bond donors (Lipinski definition) is 0. The van der Waals surface area contributed by atoms with Crippen molar-refractivity contribution in [3.8, 4) is 0 Å². The molecule has 0 saturated heterocycles. The Balaban J connectivity index is 1.65. The second kappa shape index (κ2) is 10.7. The van der Waals surface area contributed by atoms with Gasteiger partial charge in [-0.1, -0.05) is 110 Å². The minimum absolute atomic E-state index is 0.996. The van der Waals surface area contributed by atoms with Gasteiger partial charge in [0.1, 0.15) is 0 Å². The van der Waals surface area contributed by atoms with Crippen LogP contribution in [0.5, 0.6) is 0 Å². The average Bonchev–Trinajstić information content (AvgIpc) is 2.85. The van der Waals surface area contributed by atoms with E-state index in [2.05, 4.69) is 141 Å². The Labute approximate surface area is 198 Å². The number of aryl methyl sites for hydroxylation is 3. The molecule has 0 radical (unpaired) electrons. The molecule has 0 unspecified atom stereocenters. The van der Waals surface area contributed by atoms with E-state index in [1.165, 1.54) is 44.9 Å². The molecule has 1 heteroatoms. The molecule has 0 aliphatic heterocycles. The molecule has 0 N–H and O–H groups in total. The number of hydrogen-bond acceptors (Lipinski definition) is 1. The van der Waals surface area contributed by atoms with Crippen LogP contribution >= 0.6 is 0 Å². The molecule has 0 spiro atoms. The third kappa shape index (κ3) is 5.51. The zero-order chi connectivity index (χ0) is 23.0. The summed E-state index contributed by atoms with van der Waals surface area (Å²) in [4.78, 5) is 2.39. The topological polar surface area (TPSA) is 3.24 Å². The second-order valence-electron chi connectivity index (χ2n) is 8.33. The van der Waals surface area contributed by atoms with Crippen LogP contribution in [0, 0.1) is 13.8 Å². The summed E-state index contributed by atoms with van der Waals surface area (Å²) in [7, 11) is 0. The molecule has 4 aromatic carbocycles. The van der Waals surface area contributed by atoms with Crippen LogP contribution in [0.25, 0.3) is 12.2 Å². The highest BCUT2D eigenvalue weighted by atomic mass is 15.1. The second-order valence-corrected chi connectivity index (χ2v) is 8.33. The predicted molar refractivity (Wildman–Crippen MR) is 144 cm³/mol. The van der Waals surface area contributed by atoms with Gasteiger partial charge in [-0.05, 0) is 66.8 Å². The number of anilines is 3. The van der Waals surface area contributed by atoms with Crippen LogP contribution in [0.15, 0.2) is 109 Å². The van der Waals surface area contributed by atoms with E-state index in [4.69, 9.17) is 0 Å². The van der Waals surface area contributed by atoms with Crippen molar-refractivity contribution in [2.45, 2.75) is 27.2 Å². The number of rotatable bonds is 7. The zero-order valence-corrected chi connectivity index (χ0v) is 19.7. The van der Waals surface area contributed by atoms with Gasteiger partial charge in [0.25, 0.3) is 0 Å². The van der Waals surface area contributed by atoms with Crippen LogP contribution in [0.2, 0.25) is 0 Å². The molecular formula is C32H31N. The molecular weight excluding hydrogens is 398 g/mol. The quantitative estimate of drug-likeness (QED) is 0.265. The molecule has 0 saturated carbocycles. The first kappa shape index (κ1) is 22.4. The first-order valence-electron chi connectivity index (χ1n) is 11.6. The zero-order valence-electron chi connectivity index (χ0n) is 19.7. The van der Waals surface area contributed by atoms with Crippen molar-refractivity contribution in [3.63, 3.8) is 0 Å². The van der Waals surface area contributed by atoms with E-state index in [9.17, 15) is 0 Å². The summed E-state index contributed by atoms with van der Waals surface area (Å²) in [5.74, 6) is 0. The van der Waals surface area contributed by atoms with Gasteiger partial charge in [-0.25, -0.2) is 0 Å². The average molecular weight is 430 g/mol. The van der Waals surface area contributed by atoms with Gasteiger partial charge >= 0.3 is 0 Å². The third-order valence-corrected chi connectivity index (χ3v) is 5.78. The van der Waals surface area contributed by atoms with E-state index in [0.29, 0.717) is 0 Å². The van der Waals surface area contributed by atoms with Crippen molar-refractivity contribution in [3.05, 3.63) is 137 Å². The summed E-state index contributed by atoms with van der Waals surface area (Å²) in [6.45, 7) is 6.63. The number of allylic oxidation sites excluding steroid dienone is 2. The van der Waals surface area contributed by atoms with Crippen molar-refractivity contribution in [1.82, 2.24) is 0 Å². The maximum Gasteiger partial charge on any atom is 0.0522 e. The SMILES string of the molecule is CCc1cc(C)cc(C)c1N(c1ccccc1)c1ccc(/C=C/C=C/c2ccccc2)cc1. The molecule has 0 fully saturated rings. The van der Waals surface area contributed by atoms with Gasteiger partial charge in [0, 0.05) is 11.4 Å². The molecule has 0 aromatic heterocycles. The summed E-state index contributed by atoms with van der Waals surface area (Å²) in [5, 5.41) is 0. The molecule has 0 aliphatic rings. The molecule has 164 valence electrons. The summed E-state index contributed by atoms with van der Waals surface area (Å²) >= 11 is 0. The molecule has 33 heavy (non-hydrogen) atoms. The van der Waals surface area contributed by atoms with Gasteiger partial charge in [-0.3, -0.25) is 0 Å². The Hall–Kier alpha value is -3.84. The fraction of sp³-hybridized carbons (Fsp3) is 0.125. The van der Waals surface area contributed by atoms with Gasteiger partial charge < -0.3 is 4.90 Å². The van der Waals surface area contributed by atoms with Gasteiger partial charge in [-0.15, -0.1) is 0 Å². The third-order valence-electron chi connectivity index (χ3n) is 5.78. The Morgan fingerprint density at radius 2 is 1.18 bits per heavy atom. The number of benzene rings is 4. The Morgan fingerprint density at radius 1 is 0.636 bits per heavy atom. The van der Waals surface area contributed by atoms with Crippen LogP contribution in [-0.2, 0) is 6.42 Å². The lowest BCUT2D eigenvalue weighted by molar-refractivity contribution is 1.09. The standard InChI is InChI=1S/C32H31N/c1-4-29-24-25(2)23-26(3)32(29)33(30-17-9-6-10-18-30)31-21-19-28(20-22-31)16-12-11-15-27-13-7-5-8-14-27/h5-24H,4H2,1-3H3/b15-11+,16-12+. The first-order valence-corrected chi connectivity index (χ1v) is 11.6. The van der Waals surface area contributed by atoms with Crippen molar-refractivity contribution in [1.29, 1.82) is 0 Å². The van der Waals surface area contributed by atoms with E-state index in [1.807, 2.05) is 6.07 Å². The van der Waals surface area contributed by atoms with E-state index < -0.39 is 0 Å². The fourth-order valence-corrected chi connectivity index (χ4v) is 4.25. The summed E-state index contributed by atoms with van der Waals surface area (Å²) in [6.07, 6.45) is 9.44. The lowest BCUT2D eigenvalue weighted by atomic mass is 9.99. The van der Waals surface area contributed by atoms with Gasteiger partial charge in [0.05, 0.1) is 5.69 Å². The lowest BCUT2D eigenvalue weighted by Crippen LogP contribution is -2.13. The van der Waals surface area contributed by atoms with Gasteiger partial charge in [0.15, 0.2) is 0 Å². The Bertz CT molecular complexity index is 1230. The molecule has 0 aliphatic carbocycles. The molecule has 0 bridgehead atoms. The van der Waals surface area contributed by atoms with Crippen LogP contribution in [0.3, 0.4) is 0 Å². The maximum atomic E-state index is 2.39. The van der Waals surface area contributed by atoms with Crippen molar-refractivity contribution in [2.24, 2.45) is 0 Å². The molecule has 1 nitrogen and oxygen atoms in total. The molecule has 4 rings (SSSR count). The van der Waals surface area contributed by atoms with Crippen LogP contribution < -0.4 is 4.90 Å². The van der Waals surface area contributed by atoms with Crippen LogP contribution in [0.4, 0.5) is 17.1 Å². The van der Waals surface area contributed by atoms with E-state index in [0.717, 1.165) is 6.42 Å². The molecule has 0 amide bonds. The molecule has 0 atom stereocenters. The maximum absolute atomic E-state index is 2.39. The largest absolute Gasteiger partial charge is 0.310 e. The monoisotopic (exact) mass is 429 g/mol. The minimum atomic E-state index is 0.996. The molecule has 4 aromatic rings. The summed E-state index contributed by atoms with van der Waals surface area (Å²) < 4.78 is 0. The normalized spacial score (nSPS) is 11.4. The van der Waals surface area contributed by atoms with Crippen LogP contribution in [0.1, 0.15) is 34.7 Å². The summed E-state index contributed by atoms with van der Waals surface area (Å²) in [6, 6.07) is 34.4. The fourth-order valence-electron chi connectivity index (χ4n) is 4.25. The highest BCUT2D eigenvalue weighted by Gasteiger charge is 2.17. The molecule has 0 heterocycles. The number of para-hydroxylation sites is 1. The Kier molecular flexibility index (Phi) is 7.22. The highest BCUT2D eigenvalue weighted by molar-refractivity contribution is 5.81. The number of nitrogens with zero attached hydrogens (tertiary/aromatic N) is 1. The van der Waals surface area contributed by atoms with Crippen molar-refractivity contribution < 1.29 is 0 Å². The van der Waals surface area contributed by atoms with Gasteiger partial charge in [0.2, 0.25) is 0 Å². The van der Waals surface area contributed by atoms with E-state index >= 15 is 0 Å². The first-order chi connectivity index (χ1) is 16.2. The Morgan fingerprint density at radius 3 is 1.79 bits per heavy atom. The van der Waals surface area contributed by atoms with Gasteiger partial charge in [-0.2, -0.15) is 0 Å². The minimum Gasteiger partial charge on any atom is -0.310 e. The van der Waals surface area contributed by atoms with E-state index in [1.54, 1.807) is 0 Å². The highest BCUT2D eigenvalue weighted by Crippen LogP contribution is 2.39. The summed E-state index contributed by atoms with van der Waals surface area (Å²) in [5.41, 5.74) is 9.98. The lowest BCUT2D eigenvalue weighted by Gasteiger charge is -2.29. The predicted octanol–water partition coefficient (Wildman–Crippen LogP) is 9.06. The van der Waals surface area contributed by atoms with Crippen molar-refractivity contribution >= 4 is 29.2 Å². The smallest absolute Gasteiger partial charge is 0.0522 e. The van der Waals surface area contributed by atoms with Crippen molar-refractivity contribution in [2.75, 3.05) is 4.90 Å².